The molecule has 0 heterocycles. The minimum atomic E-state index is -0.538. The first-order chi connectivity index (χ1) is 15.0. The number of aryl methyl sites for hydroxylation is 1. The third-order valence-corrected chi connectivity index (χ3v) is 5.02. The fourth-order valence-electron chi connectivity index (χ4n) is 3.39. The molecule has 160 valence electrons. The average Bonchev–Trinajstić information content (AvgIpc) is 2.76. The lowest BCUT2D eigenvalue weighted by Gasteiger charge is -2.24. The summed E-state index contributed by atoms with van der Waals surface area (Å²) >= 11 is 0. The predicted octanol–water partition coefficient (Wildman–Crippen LogP) is 2.84. The van der Waals surface area contributed by atoms with Gasteiger partial charge >= 0.3 is 0 Å². The van der Waals surface area contributed by atoms with Crippen LogP contribution in [-0.4, -0.2) is 32.5 Å². The van der Waals surface area contributed by atoms with Crippen LogP contribution < -0.4 is 20.3 Å². The molecule has 0 saturated heterocycles. The molecule has 0 saturated carbocycles. The molecule has 3 aromatic carbocycles. The maximum atomic E-state index is 13.2. The highest BCUT2D eigenvalue weighted by Gasteiger charge is 2.30. The molecule has 0 aliphatic rings. The van der Waals surface area contributed by atoms with Crippen LogP contribution >= 0.6 is 0 Å². The molecule has 3 N–H and O–H groups in total. The number of carbonyl (C=O) groups is 2. The third-order valence-electron chi connectivity index (χ3n) is 5.02. The number of methoxy groups -OCH3 is 1. The van der Waals surface area contributed by atoms with Gasteiger partial charge in [0.1, 0.15) is 5.75 Å². The van der Waals surface area contributed by atoms with Crippen LogP contribution in [0.4, 0.5) is 11.4 Å². The second-order valence-corrected chi connectivity index (χ2v) is 7.50. The van der Waals surface area contributed by atoms with Gasteiger partial charge in [-0.15, -0.1) is 0 Å². The largest absolute Gasteiger partial charge is 0.497 e. The Morgan fingerprint density at radius 2 is 1.45 bits per heavy atom. The van der Waals surface area contributed by atoms with E-state index < -0.39 is 6.04 Å². The molecule has 6 nitrogen and oxygen atoms in total. The Balaban J connectivity index is 1.72. The maximum Gasteiger partial charge on any atom is 0.287 e. The fourth-order valence-corrected chi connectivity index (χ4v) is 3.39. The summed E-state index contributed by atoms with van der Waals surface area (Å²) in [6.45, 7) is 2.13. The van der Waals surface area contributed by atoms with Crippen molar-refractivity contribution in [1.29, 1.82) is 0 Å². The molecule has 3 rings (SSSR count). The van der Waals surface area contributed by atoms with E-state index in [0.717, 1.165) is 27.5 Å². The zero-order valence-corrected chi connectivity index (χ0v) is 18.0. The van der Waals surface area contributed by atoms with Crippen LogP contribution in [0.15, 0.2) is 78.9 Å². The Hall–Kier alpha value is -3.64. The first kappa shape index (κ1) is 22.1. The quantitative estimate of drug-likeness (QED) is 0.527. The smallest absolute Gasteiger partial charge is 0.287 e. The van der Waals surface area contributed by atoms with E-state index in [-0.39, 0.29) is 18.4 Å². The van der Waals surface area contributed by atoms with Crippen molar-refractivity contribution < 1.29 is 19.2 Å². The van der Waals surface area contributed by atoms with Gasteiger partial charge < -0.3 is 20.3 Å². The van der Waals surface area contributed by atoms with E-state index in [2.05, 4.69) is 10.6 Å². The van der Waals surface area contributed by atoms with Crippen molar-refractivity contribution in [3.8, 4) is 5.75 Å². The minimum Gasteiger partial charge on any atom is -0.497 e. The molecule has 0 spiro atoms. The summed E-state index contributed by atoms with van der Waals surface area (Å²) in [5, 5.41) is 5.86. The SMILES string of the molecule is COc1ccc(NC(=O)C[NH+](C)[C@H](C(=O)Nc2ccc(C)cc2)c2ccccc2)cc1. The molecule has 3 aromatic rings. The first-order valence-electron chi connectivity index (χ1n) is 10.1. The number of benzene rings is 3. The number of hydrogen-bond donors (Lipinski definition) is 3. The number of hydrogen-bond acceptors (Lipinski definition) is 3. The van der Waals surface area contributed by atoms with E-state index in [9.17, 15) is 9.59 Å². The summed E-state index contributed by atoms with van der Waals surface area (Å²) in [5.41, 5.74) is 3.38. The topological polar surface area (TPSA) is 71.9 Å². The van der Waals surface area contributed by atoms with Crippen molar-refractivity contribution in [2.24, 2.45) is 0 Å². The number of amides is 2. The molecular formula is C25H28N3O3+. The van der Waals surface area contributed by atoms with Crippen LogP contribution in [-0.2, 0) is 9.59 Å². The standard InChI is InChI=1S/C25H27N3O3/c1-18-9-11-21(12-10-18)27-25(30)24(19-7-5-4-6-8-19)28(2)17-23(29)26-20-13-15-22(31-3)16-14-20/h4-16,24H,17H2,1-3H3,(H,26,29)(H,27,30)/p+1/t24-/m0/s1. The van der Waals surface area contributed by atoms with Gasteiger partial charge in [0.25, 0.3) is 11.8 Å². The van der Waals surface area contributed by atoms with Crippen LogP contribution in [0, 0.1) is 6.92 Å². The van der Waals surface area contributed by atoms with Gasteiger partial charge in [0.2, 0.25) is 0 Å². The Morgan fingerprint density at radius 1 is 0.871 bits per heavy atom. The van der Waals surface area contributed by atoms with Gasteiger partial charge in [-0.05, 0) is 43.3 Å². The number of nitrogens with one attached hydrogen (secondary N) is 3. The van der Waals surface area contributed by atoms with E-state index in [4.69, 9.17) is 4.74 Å². The van der Waals surface area contributed by atoms with Gasteiger partial charge in [-0.3, -0.25) is 9.59 Å². The Morgan fingerprint density at radius 3 is 2.06 bits per heavy atom. The number of ether oxygens (including phenoxy) is 1. The van der Waals surface area contributed by atoms with Crippen LogP contribution in [0.1, 0.15) is 17.2 Å². The van der Waals surface area contributed by atoms with Crippen molar-refractivity contribution in [2.75, 3.05) is 31.3 Å². The third kappa shape index (κ3) is 6.17. The van der Waals surface area contributed by atoms with Crippen LogP contribution in [0.3, 0.4) is 0 Å². The van der Waals surface area contributed by atoms with Gasteiger partial charge in [-0.25, -0.2) is 0 Å². The number of likely N-dealkylation sites (N-methyl/N-ethyl adjacent to an activating group) is 1. The van der Waals surface area contributed by atoms with Crippen LogP contribution in [0.2, 0.25) is 0 Å². The number of rotatable bonds is 8. The normalized spacial score (nSPS) is 12.5. The van der Waals surface area contributed by atoms with E-state index in [0.29, 0.717) is 5.69 Å². The van der Waals surface area contributed by atoms with Gasteiger partial charge in [-0.2, -0.15) is 0 Å². The number of anilines is 2. The van der Waals surface area contributed by atoms with E-state index in [1.807, 2.05) is 68.6 Å². The molecule has 1 unspecified atom stereocenters. The highest BCUT2D eigenvalue weighted by Crippen LogP contribution is 2.16. The molecule has 0 aliphatic carbocycles. The summed E-state index contributed by atoms with van der Waals surface area (Å²) < 4.78 is 5.14. The molecule has 2 amide bonds. The fraction of sp³-hybridized carbons (Fsp3) is 0.200. The number of quaternary nitrogens is 1. The van der Waals surface area contributed by atoms with E-state index >= 15 is 0 Å². The summed E-state index contributed by atoms with van der Waals surface area (Å²) in [5.74, 6) is 0.384. The molecule has 31 heavy (non-hydrogen) atoms. The average molecular weight is 419 g/mol. The summed E-state index contributed by atoms with van der Waals surface area (Å²) in [4.78, 5) is 26.6. The Labute approximate surface area is 182 Å². The highest BCUT2D eigenvalue weighted by molar-refractivity contribution is 5.95. The summed E-state index contributed by atoms with van der Waals surface area (Å²) in [6.07, 6.45) is 0. The molecule has 0 aliphatic heterocycles. The maximum absolute atomic E-state index is 13.2. The minimum absolute atomic E-state index is 0.132. The lowest BCUT2D eigenvalue weighted by molar-refractivity contribution is -0.893. The number of carbonyl (C=O) groups excluding carboxylic acids is 2. The van der Waals surface area contributed by atoms with Crippen molar-refractivity contribution in [1.82, 2.24) is 0 Å². The highest BCUT2D eigenvalue weighted by atomic mass is 16.5. The summed E-state index contributed by atoms with van der Waals surface area (Å²) in [6, 6.07) is 23.8. The first-order valence-corrected chi connectivity index (χ1v) is 10.1. The summed E-state index contributed by atoms with van der Waals surface area (Å²) in [7, 11) is 3.44. The van der Waals surface area contributed by atoms with Gasteiger partial charge in [0.15, 0.2) is 12.6 Å². The van der Waals surface area contributed by atoms with Crippen molar-refractivity contribution in [3.63, 3.8) is 0 Å². The Bertz CT molecular complexity index is 1000. The van der Waals surface area contributed by atoms with Gasteiger partial charge in [0, 0.05) is 16.9 Å². The molecule has 0 aromatic heterocycles. The monoisotopic (exact) mass is 418 g/mol. The lowest BCUT2D eigenvalue weighted by Crippen LogP contribution is -3.11. The van der Waals surface area contributed by atoms with Crippen LogP contribution in [0.25, 0.3) is 0 Å². The molecule has 0 radical (unpaired) electrons. The van der Waals surface area contributed by atoms with E-state index in [1.165, 1.54) is 0 Å². The molecule has 0 fully saturated rings. The van der Waals surface area contributed by atoms with Crippen LogP contribution in [0.5, 0.6) is 5.75 Å². The van der Waals surface area contributed by atoms with Crippen molar-refractivity contribution >= 4 is 23.2 Å². The second kappa shape index (κ2) is 10.4. The lowest BCUT2D eigenvalue weighted by atomic mass is 10.0. The van der Waals surface area contributed by atoms with Crippen molar-refractivity contribution in [2.45, 2.75) is 13.0 Å². The van der Waals surface area contributed by atoms with Gasteiger partial charge in [-0.1, -0.05) is 48.0 Å². The van der Waals surface area contributed by atoms with E-state index in [1.54, 1.807) is 31.4 Å². The zero-order chi connectivity index (χ0) is 22.2. The molecule has 2 atom stereocenters. The second-order valence-electron chi connectivity index (χ2n) is 7.50. The molecule has 0 bridgehead atoms. The van der Waals surface area contributed by atoms with Gasteiger partial charge in [0.05, 0.1) is 14.2 Å². The predicted molar refractivity (Wildman–Crippen MR) is 122 cm³/mol. The molecule has 6 heteroatoms. The molecular weight excluding hydrogens is 390 g/mol. The van der Waals surface area contributed by atoms with Crippen molar-refractivity contribution in [3.05, 3.63) is 90.0 Å². The Kier molecular flexibility index (Phi) is 7.40. The zero-order valence-electron chi connectivity index (χ0n) is 18.0.